The molecule has 0 aliphatic heterocycles. The average Bonchev–Trinajstić information content (AvgIpc) is 3.39. The molecule has 0 bridgehead atoms. The Kier molecular flexibility index (Phi) is 12.1. The standard InChI is InChI=1S/C33H40N4O4/c1-24(2)12-10-13-25(3)14-11-15-26(4)20-21-27-22-37(36-35-27)23-30(33(39)40)34-32(38)29-18-8-9-19-31(29)41-28-16-6-5-7-17-28/h5-9,12,14,16-20,22,30H,10-11,13,15,21,23H2,1-4H3,(H,34,38)(H,39,40)/b25-14+,26-20+/t30-/m0/s1. The lowest BCUT2D eigenvalue weighted by Crippen LogP contribution is -2.43. The fourth-order valence-corrected chi connectivity index (χ4v) is 4.11. The molecule has 216 valence electrons. The lowest BCUT2D eigenvalue weighted by atomic mass is 10.1. The summed E-state index contributed by atoms with van der Waals surface area (Å²) in [6, 6.07) is 14.6. The molecule has 1 heterocycles. The van der Waals surface area contributed by atoms with Crippen LogP contribution < -0.4 is 10.1 Å². The molecule has 0 saturated heterocycles. The maximum atomic E-state index is 13.0. The maximum Gasteiger partial charge on any atom is 0.328 e. The Hall–Kier alpha value is -4.46. The molecule has 0 unspecified atom stereocenters. The van der Waals surface area contributed by atoms with Gasteiger partial charge in [0.1, 0.15) is 17.5 Å². The fourth-order valence-electron chi connectivity index (χ4n) is 4.11. The largest absolute Gasteiger partial charge is 0.480 e. The lowest BCUT2D eigenvalue weighted by molar-refractivity contribution is -0.139. The van der Waals surface area contributed by atoms with E-state index in [1.165, 1.54) is 21.4 Å². The summed E-state index contributed by atoms with van der Waals surface area (Å²) in [5.74, 6) is -0.815. The molecule has 0 aliphatic rings. The van der Waals surface area contributed by atoms with Crippen LogP contribution in [-0.4, -0.2) is 38.0 Å². The number of aromatic nitrogens is 3. The molecule has 2 N–H and O–H groups in total. The highest BCUT2D eigenvalue weighted by Crippen LogP contribution is 2.25. The van der Waals surface area contributed by atoms with Gasteiger partial charge in [0.2, 0.25) is 0 Å². The smallest absolute Gasteiger partial charge is 0.328 e. The van der Waals surface area contributed by atoms with E-state index in [4.69, 9.17) is 4.74 Å². The summed E-state index contributed by atoms with van der Waals surface area (Å²) in [6.45, 7) is 8.47. The Labute approximate surface area is 242 Å². The number of benzene rings is 2. The molecule has 3 rings (SSSR count). The number of hydrogen-bond acceptors (Lipinski definition) is 5. The number of carbonyl (C=O) groups is 2. The zero-order valence-corrected chi connectivity index (χ0v) is 24.3. The first-order chi connectivity index (χ1) is 19.7. The van der Waals surface area contributed by atoms with Gasteiger partial charge < -0.3 is 15.2 Å². The van der Waals surface area contributed by atoms with Crippen LogP contribution in [0.5, 0.6) is 11.5 Å². The van der Waals surface area contributed by atoms with Crippen LogP contribution in [0.15, 0.2) is 95.7 Å². The Morgan fingerprint density at radius 2 is 1.59 bits per heavy atom. The highest BCUT2D eigenvalue weighted by molar-refractivity contribution is 5.99. The van der Waals surface area contributed by atoms with E-state index in [-0.39, 0.29) is 12.1 Å². The molecule has 0 spiro atoms. The molecule has 0 fully saturated rings. The lowest BCUT2D eigenvalue weighted by Gasteiger charge is -2.16. The maximum absolute atomic E-state index is 13.0. The van der Waals surface area contributed by atoms with Crippen molar-refractivity contribution in [1.29, 1.82) is 0 Å². The minimum Gasteiger partial charge on any atom is -0.480 e. The normalized spacial score (nSPS) is 12.5. The predicted molar refractivity (Wildman–Crippen MR) is 161 cm³/mol. The van der Waals surface area contributed by atoms with Crippen LogP contribution in [0.3, 0.4) is 0 Å². The second-order valence-electron chi connectivity index (χ2n) is 10.4. The Morgan fingerprint density at radius 3 is 2.29 bits per heavy atom. The number of ether oxygens (including phenoxy) is 1. The molecule has 2 aromatic carbocycles. The van der Waals surface area contributed by atoms with E-state index in [9.17, 15) is 14.7 Å². The van der Waals surface area contributed by atoms with Crippen molar-refractivity contribution in [2.45, 2.75) is 72.4 Å². The zero-order chi connectivity index (χ0) is 29.6. The van der Waals surface area contributed by atoms with E-state index in [0.717, 1.165) is 31.4 Å². The van der Waals surface area contributed by atoms with E-state index in [1.807, 2.05) is 18.2 Å². The number of amides is 1. The van der Waals surface area contributed by atoms with Crippen LogP contribution in [0.25, 0.3) is 0 Å². The fraction of sp³-hybridized carbons (Fsp3) is 0.333. The first kappa shape index (κ1) is 31.1. The number of para-hydroxylation sites is 2. The molecular formula is C33H40N4O4. The number of nitrogens with zero attached hydrogens (tertiary/aromatic N) is 3. The Bertz CT molecular complexity index is 1380. The van der Waals surface area contributed by atoms with Gasteiger partial charge in [-0.2, -0.15) is 0 Å². The van der Waals surface area contributed by atoms with Gasteiger partial charge in [0.05, 0.1) is 17.8 Å². The highest BCUT2D eigenvalue weighted by atomic mass is 16.5. The van der Waals surface area contributed by atoms with Gasteiger partial charge in [0, 0.05) is 12.6 Å². The van der Waals surface area contributed by atoms with Gasteiger partial charge in [-0.3, -0.25) is 4.79 Å². The van der Waals surface area contributed by atoms with E-state index in [2.05, 4.69) is 61.6 Å². The van der Waals surface area contributed by atoms with E-state index < -0.39 is 17.9 Å². The molecule has 8 nitrogen and oxygen atoms in total. The average molecular weight is 557 g/mol. The molecule has 0 radical (unpaired) electrons. The minimum atomic E-state index is -1.20. The summed E-state index contributed by atoms with van der Waals surface area (Å²) in [5, 5.41) is 20.6. The van der Waals surface area contributed by atoms with Crippen molar-refractivity contribution in [2.75, 3.05) is 0 Å². The van der Waals surface area contributed by atoms with E-state index in [0.29, 0.717) is 17.9 Å². The van der Waals surface area contributed by atoms with Gasteiger partial charge in [0.25, 0.3) is 5.91 Å². The molecule has 0 aliphatic carbocycles. The van der Waals surface area contributed by atoms with Crippen molar-refractivity contribution < 1.29 is 19.4 Å². The van der Waals surface area contributed by atoms with Gasteiger partial charge >= 0.3 is 5.97 Å². The van der Waals surface area contributed by atoms with E-state index >= 15 is 0 Å². The van der Waals surface area contributed by atoms with Crippen molar-refractivity contribution in [3.63, 3.8) is 0 Å². The third-order valence-corrected chi connectivity index (χ3v) is 6.44. The third-order valence-electron chi connectivity index (χ3n) is 6.44. The first-order valence-electron chi connectivity index (χ1n) is 13.9. The van der Waals surface area contributed by atoms with Gasteiger partial charge in [-0.25, -0.2) is 9.48 Å². The van der Waals surface area contributed by atoms with Gasteiger partial charge in [-0.05, 0) is 77.6 Å². The molecule has 0 saturated carbocycles. The van der Waals surface area contributed by atoms with Gasteiger partial charge in [-0.15, -0.1) is 5.10 Å². The molecule has 1 aromatic heterocycles. The SMILES string of the molecule is CC(C)=CCC/C(C)=C/CC/C(C)=C/Cc1cn(C[C@H](NC(=O)c2ccccc2Oc2ccccc2)C(=O)O)nn1. The number of aliphatic carboxylic acids is 1. The molecule has 1 amide bonds. The van der Waals surface area contributed by atoms with Crippen LogP contribution in [0.2, 0.25) is 0 Å². The number of hydrogen-bond donors (Lipinski definition) is 2. The number of allylic oxidation sites excluding steroid dienone is 6. The summed E-state index contributed by atoms with van der Waals surface area (Å²) in [7, 11) is 0. The van der Waals surface area contributed by atoms with Crippen molar-refractivity contribution in [2.24, 2.45) is 0 Å². The van der Waals surface area contributed by atoms with Crippen molar-refractivity contribution in [3.05, 3.63) is 107 Å². The molecule has 41 heavy (non-hydrogen) atoms. The quantitative estimate of drug-likeness (QED) is 0.197. The van der Waals surface area contributed by atoms with Crippen molar-refractivity contribution in [1.82, 2.24) is 20.3 Å². The summed E-state index contributed by atoms with van der Waals surface area (Å²) in [4.78, 5) is 25.0. The van der Waals surface area contributed by atoms with E-state index in [1.54, 1.807) is 42.6 Å². The number of carboxylic acid groups (broad SMARTS) is 1. The van der Waals surface area contributed by atoms with Crippen LogP contribution in [0, 0.1) is 0 Å². The van der Waals surface area contributed by atoms with Crippen LogP contribution >= 0.6 is 0 Å². The summed E-state index contributed by atoms with van der Waals surface area (Å²) in [6.07, 6.45) is 13.1. The van der Waals surface area contributed by atoms with Crippen molar-refractivity contribution in [3.8, 4) is 11.5 Å². The monoisotopic (exact) mass is 556 g/mol. The number of nitrogens with one attached hydrogen (secondary N) is 1. The van der Waals surface area contributed by atoms with Crippen LogP contribution in [0.1, 0.15) is 69.4 Å². The van der Waals surface area contributed by atoms with Gasteiger partial charge in [0.15, 0.2) is 0 Å². The Balaban J connectivity index is 1.54. The molecular weight excluding hydrogens is 516 g/mol. The number of carboxylic acids is 1. The number of rotatable bonds is 15. The summed E-state index contributed by atoms with van der Waals surface area (Å²) >= 11 is 0. The molecule has 1 atom stereocenters. The van der Waals surface area contributed by atoms with Gasteiger partial charge in [-0.1, -0.05) is 70.5 Å². The first-order valence-corrected chi connectivity index (χ1v) is 13.9. The minimum absolute atomic E-state index is 0.0602. The predicted octanol–water partition coefficient (Wildman–Crippen LogP) is 6.92. The molecule has 8 heteroatoms. The summed E-state index contributed by atoms with van der Waals surface area (Å²) in [5.41, 5.74) is 4.99. The second kappa shape index (κ2) is 16.0. The van der Waals surface area contributed by atoms with Crippen LogP contribution in [-0.2, 0) is 17.8 Å². The third kappa shape index (κ3) is 10.9. The second-order valence-corrected chi connectivity index (χ2v) is 10.4. The zero-order valence-electron chi connectivity index (χ0n) is 24.3. The number of carbonyl (C=O) groups excluding carboxylic acids is 1. The Morgan fingerprint density at radius 1 is 0.927 bits per heavy atom. The van der Waals surface area contributed by atoms with Crippen LogP contribution in [0.4, 0.5) is 0 Å². The summed E-state index contributed by atoms with van der Waals surface area (Å²) < 4.78 is 7.30. The topological polar surface area (TPSA) is 106 Å². The molecule has 3 aromatic rings. The highest BCUT2D eigenvalue weighted by Gasteiger charge is 2.24. The van der Waals surface area contributed by atoms with Crippen molar-refractivity contribution >= 4 is 11.9 Å².